The Balaban J connectivity index is 1.78. The van der Waals surface area contributed by atoms with Gasteiger partial charge in [-0.25, -0.2) is 9.18 Å². The lowest BCUT2D eigenvalue weighted by molar-refractivity contribution is -0.141. The van der Waals surface area contributed by atoms with E-state index in [1.807, 2.05) is 0 Å². The molecule has 1 heterocycles. The maximum Gasteiger partial charge on any atom is 0.433 e. The number of carbonyl (C=O) groups is 1. The van der Waals surface area contributed by atoms with Crippen LogP contribution in [0.15, 0.2) is 60.8 Å². The summed E-state index contributed by atoms with van der Waals surface area (Å²) in [5.41, 5.74) is -4.08. The number of aliphatic hydroxyl groups excluding tert-OH is 1. The number of hydrogen-bond acceptors (Lipinski definition) is 4. The zero-order valence-corrected chi connectivity index (χ0v) is 16.8. The highest BCUT2D eigenvalue weighted by molar-refractivity contribution is 6.00. The molecule has 0 aliphatic carbocycles. The van der Waals surface area contributed by atoms with E-state index in [9.17, 15) is 40.6 Å². The zero-order valence-electron chi connectivity index (χ0n) is 16.8. The van der Waals surface area contributed by atoms with E-state index in [4.69, 9.17) is 0 Å². The number of aliphatic hydroxyl groups is 1. The minimum absolute atomic E-state index is 0.284. The molecule has 1 aromatic heterocycles. The average molecular weight is 488 g/mol. The number of aromatic nitrogens is 1. The van der Waals surface area contributed by atoms with Gasteiger partial charge in [-0.3, -0.25) is 4.98 Å². The molecule has 0 radical (unpaired) electrons. The fraction of sp³-hybridized carbons (Fsp3) is 0.143. The van der Waals surface area contributed by atoms with E-state index in [0.717, 1.165) is 30.5 Å². The van der Waals surface area contributed by atoms with Gasteiger partial charge in [0.1, 0.15) is 11.5 Å². The van der Waals surface area contributed by atoms with Gasteiger partial charge in [-0.2, -0.15) is 26.3 Å². The van der Waals surface area contributed by atoms with Gasteiger partial charge in [-0.15, -0.1) is 0 Å². The number of halogens is 7. The van der Waals surface area contributed by atoms with Gasteiger partial charge < -0.3 is 21.1 Å². The maximum atomic E-state index is 13.8. The topological polar surface area (TPSA) is 86.3 Å². The Morgan fingerprint density at radius 1 is 0.882 bits per heavy atom. The summed E-state index contributed by atoms with van der Waals surface area (Å²) in [7, 11) is 0. The highest BCUT2D eigenvalue weighted by Crippen LogP contribution is 2.38. The molecule has 13 heteroatoms. The van der Waals surface area contributed by atoms with Gasteiger partial charge in [0.2, 0.25) is 0 Å². The van der Waals surface area contributed by atoms with Crippen molar-refractivity contribution in [2.45, 2.75) is 18.6 Å². The molecule has 6 nitrogen and oxygen atoms in total. The Hall–Kier alpha value is -3.87. The van der Waals surface area contributed by atoms with Crippen LogP contribution in [-0.4, -0.2) is 16.1 Å². The number of carbonyl (C=O) groups excluding carboxylic acids is 1. The van der Waals surface area contributed by atoms with Crippen LogP contribution in [0.1, 0.15) is 23.0 Å². The first-order chi connectivity index (χ1) is 15.8. The van der Waals surface area contributed by atoms with Crippen molar-refractivity contribution in [3.8, 4) is 0 Å². The number of anilines is 3. The molecule has 3 aromatic rings. The number of nitrogens with one attached hydrogen (secondary N) is 3. The van der Waals surface area contributed by atoms with Crippen LogP contribution in [0.5, 0.6) is 0 Å². The van der Waals surface area contributed by atoms with E-state index in [1.54, 1.807) is 0 Å². The van der Waals surface area contributed by atoms with Crippen LogP contribution in [-0.2, 0) is 12.4 Å². The zero-order chi connectivity index (χ0) is 25.1. The number of nitrogens with zero attached hydrogens (tertiary/aromatic N) is 1. The van der Waals surface area contributed by atoms with E-state index < -0.39 is 47.4 Å². The number of benzene rings is 2. The normalized spacial score (nSPS) is 12.7. The highest BCUT2D eigenvalue weighted by atomic mass is 19.4. The van der Waals surface area contributed by atoms with Crippen molar-refractivity contribution in [3.63, 3.8) is 0 Å². The number of amides is 2. The van der Waals surface area contributed by atoms with Gasteiger partial charge in [0, 0.05) is 28.8 Å². The summed E-state index contributed by atoms with van der Waals surface area (Å²) >= 11 is 0. The van der Waals surface area contributed by atoms with Crippen LogP contribution in [0, 0.1) is 5.82 Å². The summed E-state index contributed by atoms with van der Waals surface area (Å²) in [6.45, 7) is 0. The van der Waals surface area contributed by atoms with Gasteiger partial charge >= 0.3 is 18.4 Å². The lowest BCUT2D eigenvalue weighted by Crippen LogP contribution is -2.21. The van der Waals surface area contributed by atoms with Crippen molar-refractivity contribution in [2.24, 2.45) is 0 Å². The van der Waals surface area contributed by atoms with Gasteiger partial charge in [0.15, 0.2) is 6.23 Å². The molecule has 4 N–H and O–H groups in total. The summed E-state index contributed by atoms with van der Waals surface area (Å²) in [6, 6.07) is 7.94. The first-order valence-electron chi connectivity index (χ1n) is 9.36. The SMILES string of the molecule is O=C(Nc1ccnc(C(F)(F)F)c1)Nc1ccc(NC(O)c2ccccc2F)c(C(F)(F)F)c1. The summed E-state index contributed by atoms with van der Waals surface area (Å²) in [4.78, 5) is 15.2. The van der Waals surface area contributed by atoms with Crippen molar-refractivity contribution < 1.29 is 40.6 Å². The molecule has 3 rings (SSSR count). The molecule has 0 saturated carbocycles. The number of rotatable bonds is 5. The third-order valence-electron chi connectivity index (χ3n) is 4.38. The summed E-state index contributed by atoms with van der Waals surface area (Å²) in [5, 5.41) is 16.4. The monoisotopic (exact) mass is 488 g/mol. The second kappa shape index (κ2) is 9.55. The Labute approximate surface area is 187 Å². The van der Waals surface area contributed by atoms with E-state index >= 15 is 0 Å². The van der Waals surface area contributed by atoms with E-state index in [1.165, 1.54) is 18.2 Å². The maximum absolute atomic E-state index is 13.8. The Kier molecular flexibility index (Phi) is 6.96. The number of alkyl halides is 6. The van der Waals surface area contributed by atoms with Gasteiger partial charge in [0.25, 0.3) is 0 Å². The quantitative estimate of drug-likeness (QED) is 0.262. The Morgan fingerprint density at radius 3 is 2.15 bits per heavy atom. The fourth-order valence-corrected chi connectivity index (χ4v) is 2.86. The average Bonchev–Trinajstić information content (AvgIpc) is 2.74. The Morgan fingerprint density at radius 2 is 1.53 bits per heavy atom. The molecule has 180 valence electrons. The molecule has 2 aromatic carbocycles. The van der Waals surface area contributed by atoms with Crippen LogP contribution in [0.25, 0.3) is 0 Å². The molecule has 0 aliphatic rings. The molecule has 34 heavy (non-hydrogen) atoms. The van der Waals surface area contributed by atoms with Crippen molar-refractivity contribution in [1.29, 1.82) is 0 Å². The lowest BCUT2D eigenvalue weighted by Gasteiger charge is -2.20. The summed E-state index contributed by atoms with van der Waals surface area (Å²) in [5.74, 6) is -0.837. The van der Waals surface area contributed by atoms with E-state index in [-0.39, 0.29) is 16.9 Å². The molecule has 0 spiro atoms. The van der Waals surface area contributed by atoms with Gasteiger partial charge in [-0.05, 0) is 36.4 Å². The second-order valence-corrected chi connectivity index (χ2v) is 6.83. The van der Waals surface area contributed by atoms with Crippen molar-refractivity contribution in [1.82, 2.24) is 4.98 Å². The summed E-state index contributed by atoms with van der Waals surface area (Å²) in [6.07, 6.45) is -10.7. The first-order valence-corrected chi connectivity index (χ1v) is 9.36. The van der Waals surface area contributed by atoms with Crippen LogP contribution in [0.3, 0.4) is 0 Å². The molecule has 0 aliphatic heterocycles. The third kappa shape index (κ3) is 6.13. The molecule has 0 fully saturated rings. The van der Waals surface area contributed by atoms with Crippen molar-refractivity contribution in [2.75, 3.05) is 16.0 Å². The number of urea groups is 1. The number of hydrogen-bond donors (Lipinski definition) is 4. The van der Waals surface area contributed by atoms with Crippen LogP contribution >= 0.6 is 0 Å². The Bertz CT molecular complexity index is 1180. The molecule has 1 unspecified atom stereocenters. The first kappa shape index (κ1) is 24.8. The van der Waals surface area contributed by atoms with Crippen molar-refractivity contribution >= 4 is 23.1 Å². The smallest absolute Gasteiger partial charge is 0.369 e. The van der Waals surface area contributed by atoms with Crippen molar-refractivity contribution in [3.05, 3.63) is 83.4 Å². The van der Waals surface area contributed by atoms with Crippen LogP contribution in [0.2, 0.25) is 0 Å². The molecular weight excluding hydrogens is 473 g/mol. The number of pyridine rings is 1. The lowest BCUT2D eigenvalue weighted by atomic mass is 10.1. The molecule has 0 bridgehead atoms. The second-order valence-electron chi connectivity index (χ2n) is 6.83. The minimum atomic E-state index is -4.93. The van der Waals surface area contributed by atoms with E-state index in [2.05, 4.69) is 20.9 Å². The van der Waals surface area contributed by atoms with E-state index in [0.29, 0.717) is 12.1 Å². The molecule has 2 amide bonds. The molecule has 1 atom stereocenters. The largest absolute Gasteiger partial charge is 0.433 e. The fourth-order valence-electron chi connectivity index (χ4n) is 2.86. The molecule has 0 saturated heterocycles. The standard InChI is InChI=1S/C21H15F7N4O2/c22-15-4-2-1-3-13(15)18(33)32-16-6-5-11(9-14(16)20(23,24)25)30-19(34)31-12-7-8-29-17(10-12)21(26,27)28/h1-10,18,32-33H,(H2,29,30,31,34). The minimum Gasteiger partial charge on any atom is -0.369 e. The third-order valence-corrected chi connectivity index (χ3v) is 4.38. The predicted molar refractivity (Wildman–Crippen MR) is 108 cm³/mol. The summed E-state index contributed by atoms with van der Waals surface area (Å²) < 4.78 is 92.7. The highest BCUT2D eigenvalue weighted by Gasteiger charge is 2.35. The predicted octanol–water partition coefficient (Wildman–Crippen LogP) is 6.01. The van der Waals surface area contributed by atoms with Gasteiger partial charge in [0.05, 0.1) is 5.56 Å². The van der Waals surface area contributed by atoms with Crippen LogP contribution in [0.4, 0.5) is 52.6 Å². The molecular formula is C21H15F7N4O2. The van der Waals surface area contributed by atoms with Crippen LogP contribution < -0.4 is 16.0 Å². The van der Waals surface area contributed by atoms with Gasteiger partial charge in [-0.1, -0.05) is 18.2 Å².